The number of alkyl halides is 1. The van der Waals surface area contributed by atoms with Crippen molar-refractivity contribution in [2.75, 3.05) is 0 Å². The minimum Gasteiger partial charge on any atom is -0.0782 e. The summed E-state index contributed by atoms with van der Waals surface area (Å²) in [7, 11) is 0. The molecule has 0 aliphatic heterocycles. The molecule has 0 aromatic heterocycles. The smallest absolute Gasteiger partial charge is 0.0284 e. The van der Waals surface area contributed by atoms with Crippen LogP contribution in [0.3, 0.4) is 0 Å². The summed E-state index contributed by atoms with van der Waals surface area (Å²) < 4.78 is 0.667. The molecular formula is C10H19I. The van der Waals surface area contributed by atoms with E-state index in [1.807, 2.05) is 0 Å². The molecule has 1 rings (SSSR count). The lowest BCUT2D eigenvalue weighted by Gasteiger charge is -2.11. The Kier molecular flexibility index (Phi) is 2.88. The molecule has 11 heavy (non-hydrogen) atoms. The second-order valence-electron chi connectivity index (χ2n) is 4.33. The highest BCUT2D eigenvalue weighted by Crippen LogP contribution is 2.62. The number of hydrogen-bond donors (Lipinski definition) is 0. The van der Waals surface area contributed by atoms with Crippen LogP contribution >= 0.6 is 22.6 Å². The molecule has 0 bridgehead atoms. The van der Waals surface area contributed by atoms with Crippen LogP contribution in [0.4, 0.5) is 0 Å². The molecule has 3 atom stereocenters. The minimum atomic E-state index is 0.667. The van der Waals surface area contributed by atoms with E-state index >= 15 is 0 Å². The molecule has 0 spiro atoms. The van der Waals surface area contributed by atoms with Crippen molar-refractivity contribution in [2.24, 2.45) is 17.8 Å². The van der Waals surface area contributed by atoms with E-state index < -0.39 is 0 Å². The molecule has 0 N–H and O–H groups in total. The summed E-state index contributed by atoms with van der Waals surface area (Å²) in [5.41, 5.74) is 0. The van der Waals surface area contributed by atoms with Crippen molar-refractivity contribution in [2.45, 2.75) is 44.0 Å². The fraction of sp³-hybridized carbons (Fsp3) is 1.00. The third-order valence-electron chi connectivity index (χ3n) is 3.03. The monoisotopic (exact) mass is 266 g/mol. The average Bonchev–Trinajstić information content (AvgIpc) is 2.33. The lowest BCUT2D eigenvalue weighted by atomic mass is 10.0. The molecule has 0 nitrogen and oxygen atoms in total. The summed E-state index contributed by atoms with van der Waals surface area (Å²) in [5.74, 6) is 2.84. The molecule has 0 radical (unpaired) electrons. The lowest BCUT2D eigenvalue weighted by molar-refractivity contribution is 0.543. The van der Waals surface area contributed by atoms with Gasteiger partial charge in [-0.1, -0.05) is 56.7 Å². The molecule has 0 heterocycles. The molecular weight excluding hydrogens is 247 g/mol. The summed E-state index contributed by atoms with van der Waals surface area (Å²) >= 11 is 2.69. The molecule has 1 heteroatoms. The summed E-state index contributed by atoms with van der Waals surface area (Å²) in [6, 6.07) is 0. The predicted octanol–water partition coefficient (Wildman–Crippen LogP) is 3.88. The van der Waals surface area contributed by atoms with Crippen LogP contribution in [0.25, 0.3) is 0 Å². The van der Waals surface area contributed by atoms with Gasteiger partial charge in [-0.15, -0.1) is 0 Å². The molecule has 0 aromatic rings. The Labute approximate surface area is 84.3 Å². The average molecular weight is 266 g/mol. The van der Waals surface area contributed by atoms with Crippen molar-refractivity contribution in [1.29, 1.82) is 0 Å². The zero-order chi connectivity index (χ0) is 8.65. The van der Waals surface area contributed by atoms with Gasteiger partial charge in [-0.3, -0.25) is 0 Å². The van der Waals surface area contributed by atoms with E-state index in [0.29, 0.717) is 3.42 Å². The van der Waals surface area contributed by atoms with Gasteiger partial charge in [0.1, 0.15) is 0 Å². The van der Waals surface area contributed by atoms with E-state index in [1.54, 1.807) is 0 Å². The van der Waals surface area contributed by atoms with Gasteiger partial charge < -0.3 is 0 Å². The maximum Gasteiger partial charge on any atom is 0.0284 e. The standard InChI is InChI=1S/C10H19I/c1-5-9-8(4)10(9,11)6-7(2)3/h7-9H,5-6H2,1-4H3/t8?,9?,10-/m1/s1. The van der Waals surface area contributed by atoms with Gasteiger partial charge in [-0.05, 0) is 24.2 Å². The van der Waals surface area contributed by atoms with Crippen molar-refractivity contribution < 1.29 is 0 Å². The van der Waals surface area contributed by atoms with Gasteiger partial charge in [-0.2, -0.15) is 0 Å². The van der Waals surface area contributed by atoms with Crippen LogP contribution in [0.2, 0.25) is 0 Å². The minimum absolute atomic E-state index is 0.667. The zero-order valence-electron chi connectivity index (χ0n) is 8.02. The second-order valence-corrected chi connectivity index (χ2v) is 6.34. The van der Waals surface area contributed by atoms with Gasteiger partial charge in [0.15, 0.2) is 0 Å². The Bertz CT molecular complexity index is 142. The third-order valence-corrected chi connectivity index (χ3v) is 5.25. The summed E-state index contributed by atoms with van der Waals surface area (Å²) in [6.45, 7) is 9.39. The van der Waals surface area contributed by atoms with Gasteiger partial charge in [-0.25, -0.2) is 0 Å². The lowest BCUT2D eigenvalue weighted by Crippen LogP contribution is -2.07. The molecule has 66 valence electrons. The van der Waals surface area contributed by atoms with Crippen molar-refractivity contribution in [1.82, 2.24) is 0 Å². The van der Waals surface area contributed by atoms with Gasteiger partial charge in [0.2, 0.25) is 0 Å². The Morgan fingerprint density at radius 2 is 2.00 bits per heavy atom. The van der Waals surface area contributed by atoms with Crippen LogP contribution in [0.15, 0.2) is 0 Å². The van der Waals surface area contributed by atoms with Gasteiger partial charge in [0, 0.05) is 3.42 Å². The van der Waals surface area contributed by atoms with Crippen molar-refractivity contribution >= 4 is 22.6 Å². The van der Waals surface area contributed by atoms with Crippen LogP contribution < -0.4 is 0 Å². The molecule has 1 aliphatic carbocycles. The molecule has 1 fully saturated rings. The normalized spacial score (nSPS) is 43.1. The summed E-state index contributed by atoms with van der Waals surface area (Å²) in [6.07, 6.45) is 2.78. The van der Waals surface area contributed by atoms with Crippen LogP contribution in [-0.4, -0.2) is 3.42 Å². The van der Waals surface area contributed by atoms with E-state index in [9.17, 15) is 0 Å². The van der Waals surface area contributed by atoms with Gasteiger partial charge >= 0.3 is 0 Å². The topological polar surface area (TPSA) is 0 Å². The summed E-state index contributed by atoms with van der Waals surface area (Å²) in [5, 5.41) is 0. The third kappa shape index (κ3) is 1.73. The van der Waals surface area contributed by atoms with Crippen molar-refractivity contribution in [3.8, 4) is 0 Å². The molecule has 1 aliphatic rings. The SMILES string of the molecule is CCC1C(C)[C@]1(I)CC(C)C. The maximum absolute atomic E-state index is 2.69. The van der Waals surface area contributed by atoms with Gasteiger partial charge in [0.05, 0.1) is 0 Å². The molecule has 0 amide bonds. The predicted molar refractivity (Wildman–Crippen MR) is 59.2 cm³/mol. The van der Waals surface area contributed by atoms with E-state index in [-0.39, 0.29) is 0 Å². The first kappa shape index (κ1) is 9.82. The molecule has 0 saturated heterocycles. The fourth-order valence-electron chi connectivity index (χ4n) is 2.34. The van der Waals surface area contributed by atoms with Crippen molar-refractivity contribution in [3.05, 3.63) is 0 Å². The Morgan fingerprint density at radius 3 is 2.27 bits per heavy atom. The Hall–Kier alpha value is 0.730. The van der Waals surface area contributed by atoms with Crippen LogP contribution in [0, 0.1) is 17.8 Å². The van der Waals surface area contributed by atoms with E-state index in [0.717, 1.165) is 17.8 Å². The molecule has 2 unspecified atom stereocenters. The Balaban J connectivity index is 2.45. The molecule has 1 saturated carbocycles. The number of rotatable bonds is 3. The first-order valence-electron chi connectivity index (χ1n) is 4.71. The first-order chi connectivity index (χ1) is 5.02. The maximum atomic E-state index is 2.69. The largest absolute Gasteiger partial charge is 0.0782 e. The number of hydrogen-bond acceptors (Lipinski definition) is 0. The highest BCUT2D eigenvalue weighted by Gasteiger charge is 2.58. The Morgan fingerprint density at radius 1 is 1.45 bits per heavy atom. The highest BCUT2D eigenvalue weighted by atomic mass is 127. The number of halogens is 1. The summed E-state index contributed by atoms with van der Waals surface area (Å²) in [4.78, 5) is 0. The van der Waals surface area contributed by atoms with E-state index in [2.05, 4.69) is 50.3 Å². The first-order valence-corrected chi connectivity index (χ1v) is 5.79. The quantitative estimate of drug-likeness (QED) is 0.537. The highest BCUT2D eigenvalue weighted by molar-refractivity contribution is 14.1. The van der Waals surface area contributed by atoms with E-state index in [1.165, 1.54) is 12.8 Å². The fourth-order valence-corrected chi connectivity index (χ4v) is 4.45. The van der Waals surface area contributed by atoms with Crippen molar-refractivity contribution in [3.63, 3.8) is 0 Å². The van der Waals surface area contributed by atoms with Crippen LogP contribution in [-0.2, 0) is 0 Å². The van der Waals surface area contributed by atoms with E-state index in [4.69, 9.17) is 0 Å². The van der Waals surface area contributed by atoms with Crippen LogP contribution in [0.5, 0.6) is 0 Å². The zero-order valence-corrected chi connectivity index (χ0v) is 10.2. The van der Waals surface area contributed by atoms with Crippen LogP contribution in [0.1, 0.15) is 40.5 Å². The van der Waals surface area contributed by atoms with Gasteiger partial charge in [0.25, 0.3) is 0 Å². The second kappa shape index (κ2) is 3.23. The molecule has 0 aromatic carbocycles.